The van der Waals surface area contributed by atoms with Gasteiger partial charge < -0.3 is 10.2 Å². The topological polar surface area (TPSA) is 32.3 Å². The van der Waals surface area contributed by atoms with Gasteiger partial charge in [-0.1, -0.05) is 6.92 Å². The first kappa shape index (κ1) is 14.8. The molecule has 1 heterocycles. The molecular weight excluding hydrogens is 351 g/mol. The van der Waals surface area contributed by atoms with Crippen LogP contribution in [0.15, 0.2) is 24.3 Å². The maximum atomic E-state index is 11.9. The minimum Gasteiger partial charge on any atom is -0.351 e. The number of carbonyl (C=O) groups is 1. The Balaban J connectivity index is 1.73. The van der Waals surface area contributed by atoms with Crippen LogP contribution < -0.4 is 5.32 Å². The highest BCUT2D eigenvalue weighted by Gasteiger charge is 2.15. The van der Waals surface area contributed by atoms with Gasteiger partial charge in [0, 0.05) is 28.8 Å². The Hall–Kier alpha value is -0.620. The lowest BCUT2D eigenvalue weighted by atomic mass is 10.0. The number of benzene rings is 1. The molecule has 0 radical (unpaired) electrons. The minimum absolute atomic E-state index is 0.0291. The number of amides is 1. The molecule has 2 rings (SSSR count). The van der Waals surface area contributed by atoms with Crippen LogP contribution in [0.25, 0.3) is 0 Å². The Morgan fingerprint density at radius 3 is 2.84 bits per heavy atom. The van der Waals surface area contributed by atoms with Crippen LogP contribution in [0.3, 0.4) is 0 Å². The van der Waals surface area contributed by atoms with E-state index in [0.29, 0.717) is 0 Å². The number of likely N-dealkylation sites (tertiary alicyclic amines) is 1. The predicted octanol–water partition coefficient (Wildman–Crippen LogP) is 2.75. The largest absolute Gasteiger partial charge is 0.351 e. The first-order valence-corrected chi connectivity index (χ1v) is 7.99. The number of piperidine rings is 1. The van der Waals surface area contributed by atoms with E-state index in [4.69, 9.17) is 0 Å². The number of halogens is 1. The zero-order valence-corrected chi connectivity index (χ0v) is 13.5. The van der Waals surface area contributed by atoms with Crippen molar-refractivity contribution >= 4 is 28.5 Å². The molecule has 1 aliphatic heterocycles. The van der Waals surface area contributed by atoms with Crippen molar-refractivity contribution in [1.29, 1.82) is 0 Å². The summed E-state index contributed by atoms with van der Waals surface area (Å²) in [4.78, 5) is 14.4. The van der Waals surface area contributed by atoms with Gasteiger partial charge in [0.2, 0.25) is 0 Å². The summed E-state index contributed by atoms with van der Waals surface area (Å²) >= 11 is 2.24. The monoisotopic (exact) mass is 372 g/mol. The molecule has 104 valence electrons. The van der Waals surface area contributed by atoms with Crippen LogP contribution >= 0.6 is 22.6 Å². The van der Waals surface area contributed by atoms with Gasteiger partial charge in [-0.05, 0) is 72.2 Å². The van der Waals surface area contributed by atoms with Crippen LogP contribution in [0, 0.1) is 9.49 Å². The Morgan fingerprint density at radius 2 is 2.16 bits per heavy atom. The summed E-state index contributed by atoms with van der Waals surface area (Å²) in [5, 5.41) is 3.00. The van der Waals surface area contributed by atoms with Gasteiger partial charge in [-0.2, -0.15) is 0 Å². The van der Waals surface area contributed by atoms with E-state index in [9.17, 15) is 4.79 Å². The quantitative estimate of drug-likeness (QED) is 0.825. The fourth-order valence-electron chi connectivity index (χ4n) is 2.52. The van der Waals surface area contributed by atoms with E-state index in [1.54, 1.807) is 0 Å². The summed E-state index contributed by atoms with van der Waals surface area (Å²) in [6.07, 6.45) is 2.62. The molecule has 19 heavy (non-hydrogen) atoms. The van der Waals surface area contributed by atoms with Gasteiger partial charge in [-0.15, -0.1) is 0 Å². The Bertz CT molecular complexity index is 419. The molecule has 0 saturated carbocycles. The van der Waals surface area contributed by atoms with Crippen molar-refractivity contribution in [3.63, 3.8) is 0 Å². The van der Waals surface area contributed by atoms with Crippen molar-refractivity contribution in [3.05, 3.63) is 33.4 Å². The van der Waals surface area contributed by atoms with Crippen LogP contribution in [-0.4, -0.2) is 37.0 Å². The molecule has 3 nitrogen and oxygen atoms in total. The molecule has 0 spiro atoms. The average molecular weight is 372 g/mol. The summed E-state index contributed by atoms with van der Waals surface area (Å²) in [5.74, 6) is 0.821. The highest BCUT2D eigenvalue weighted by molar-refractivity contribution is 14.1. The van der Waals surface area contributed by atoms with Crippen LogP contribution in [0.4, 0.5) is 0 Å². The molecule has 0 unspecified atom stereocenters. The number of nitrogens with zero attached hydrogens (tertiary/aromatic N) is 1. The maximum absolute atomic E-state index is 11.9. The van der Waals surface area contributed by atoms with Crippen LogP contribution in [0.5, 0.6) is 0 Å². The van der Waals surface area contributed by atoms with Crippen molar-refractivity contribution in [1.82, 2.24) is 10.2 Å². The zero-order valence-electron chi connectivity index (χ0n) is 11.4. The maximum Gasteiger partial charge on any atom is 0.251 e. The van der Waals surface area contributed by atoms with E-state index in [2.05, 4.69) is 39.7 Å². The Labute approximate surface area is 128 Å². The van der Waals surface area contributed by atoms with Crippen molar-refractivity contribution in [2.75, 3.05) is 26.2 Å². The summed E-state index contributed by atoms with van der Waals surface area (Å²) in [5.41, 5.74) is 0.743. The third-order valence-electron chi connectivity index (χ3n) is 3.56. The molecule has 1 N–H and O–H groups in total. The van der Waals surface area contributed by atoms with E-state index in [1.807, 2.05) is 24.3 Å². The Kier molecular flexibility index (Phi) is 5.63. The lowest BCUT2D eigenvalue weighted by Gasteiger charge is -2.30. The third-order valence-corrected chi connectivity index (χ3v) is 4.28. The molecule has 1 saturated heterocycles. The smallest absolute Gasteiger partial charge is 0.251 e. The number of hydrogen-bond acceptors (Lipinski definition) is 2. The molecule has 1 aromatic rings. The van der Waals surface area contributed by atoms with Gasteiger partial charge in [0.25, 0.3) is 5.91 Å². The fourth-order valence-corrected chi connectivity index (χ4v) is 2.88. The zero-order chi connectivity index (χ0) is 13.7. The molecule has 1 aromatic carbocycles. The molecule has 1 atom stereocenters. The summed E-state index contributed by atoms with van der Waals surface area (Å²) < 4.78 is 1.15. The lowest BCUT2D eigenvalue weighted by molar-refractivity contribution is 0.0944. The second-order valence-electron chi connectivity index (χ2n) is 5.31. The first-order chi connectivity index (χ1) is 9.15. The van der Waals surface area contributed by atoms with Gasteiger partial charge in [-0.25, -0.2) is 0 Å². The van der Waals surface area contributed by atoms with E-state index in [1.165, 1.54) is 25.9 Å². The molecular formula is C15H21IN2O. The predicted molar refractivity (Wildman–Crippen MR) is 86.3 cm³/mol. The average Bonchev–Trinajstić information content (AvgIpc) is 2.39. The molecule has 1 amide bonds. The standard InChI is InChI=1S/C15H21IN2O/c1-12-3-2-9-18(11-12)10-8-17-15(19)13-4-6-14(16)7-5-13/h4-7,12H,2-3,8-11H2,1H3,(H,17,19)/t12-/m1/s1. The first-order valence-electron chi connectivity index (χ1n) is 6.91. The lowest BCUT2D eigenvalue weighted by Crippen LogP contribution is -2.40. The number of hydrogen-bond donors (Lipinski definition) is 1. The van der Waals surface area contributed by atoms with Gasteiger partial charge >= 0.3 is 0 Å². The van der Waals surface area contributed by atoms with Crippen LogP contribution in [0.1, 0.15) is 30.1 Å². The van der Waals surface area contributed by atoms with Gasteiger partial charge in [-0.3, -0.25) is 4.79 Å². The summed E-state index contributed by atoms with van der Waals surface area (Å²) in [6.45, 7) is 6.33. The summed E-state index contributed by atoms with van der Waals surface area (Å²) in [7, 11) is 0. The molecule has 4 heteroatoms. The van der Waals surface area contributed by atoms with Crippen molar-refractivity contribution < 1.29 is 4.79 Å². The van der Waals surface area contributed by atoms with Gasteiger partial charge in [0.1, 0.15) is 0 Å². The van der Waals surface area contributed by atoms with Gasteiger partial charge in [0.05, 0.1) is 0 Å². The molecule has 1 aliphatic rings. The van der Waals surface area contributed by atoms with Crippen molar-refractivity contribution in [2.45, 2.75) is 19.8 Å². The summed E-state index contributed by atoms with van der Waals surface area (Å²) in [6, 6.07) is 7.67. The molecule has 0 bridgehead atoms. The van der Waals surface area contributed by atoms with E-state index >= 15 is 0 Å². The SMILES string of the molecule is C[C@@H]1CCCN(CCNC(=O)c2ccc(I)cc2)C1. The second-order valence-corrected chi connectivity index (χ2v) is 6.56. The number of carbonyl (C=O) groups excluding carboxylic acids is 1. The molecule has 1 fully saturated rings. The Morgan fingerprint density at radius 1 is 1.42 bits per heavy atom. The van der Waals surface area contributed by atoms with Crippen LogP contribution in [-0.2, 0) is 0 Å². The normalized spacial score (nSPS) is 20.2. The fraction of sp³-hybridized carbons (Fsp3) is 0.533. The van der Waals surface area contributed by atoms with Crippen molar-refractivity contribution in [2.24, 2.45) is 5.92 Å². The van der Waals surface area contributed by atoms with E-state index < -0.39 is 0 Å². The van der Waals surface area contributed by atoms with E-state index in [-0.39, 0.29) is 5.91 Å². The number of nitrogens with one attached hydrogen (secondary N) is 1. The molecule has 0 aliphatic carbocycles. The van der Waals surface area contributed by atoms with E-state index in [0.717, 1.165) is 28.1 Å². The van der Waals surface area contributed by atoms with Gasteiger partial charge in [0.15, 0.2) is 0 Å². The van der Waals surface area contributed by atoms with Crippen LogP contribution in [0.2, 0.25) is 0 Å². The number of rotatable bonds is 4. The highest BCUT2D eigenvalue weighted by Crippen LogP contribution is 2.14. The second kappa shape index (κ2) is 7.24. The third kappa shape index (κ3) is 4.76. The highest BCUT2D eigenvalue weighted by atomic mass is 127. The van der Waals surface area contributed by atoms with Crippen molar-refractivity contribution in [3.8, 4) is 0 Å². The minimum atomic E-state index is 0.0291. The molecule has 0 aromatic heterocycles.